The topological polar surface area (TPSA) is 114 Å². The third-order valence-corrected chi connectivity index (χ3v) is 15.5. The van der Waals surface area contributed by atoms with Crippen LogP contribution in [0.3, 0.4) is 0 Å². The quantitative estimate of drug-likeness (QED) is 0.0541. The molecule has 1 heterocycles. The molecular formula is C52H56N2O8S4. The van der Waals surface area contributed by atoms with E-state index in [0.29, 0.717) is 35.1 Å². The van der Waals surface area contributed by atoms with Gasteiger partial charge in [-0.1, -0.05) is 97.1 Å². The molecule has 0 saturated carbocycles. The predicted octanol–water partition coefficient (Wildman–Crippen LogP) is 8.50. The van der Waals surface area contributed by atoms with Gasteiger partial charge in [-0.2, -0.15) is 48.8 Å². The summed E-state index contributed by atoms with van der Waals surface area (Å²) in [4.78, 5) is 28.8. The van der Waals surface area contributed by atoms with Gasteiger partial charge in [0.2, 0.25) is 0 Å². The Morgan fingerprint density at radius 1 is 0.545 bits per heavy atom. The Hall–Kier alpha value is -3.80. The summed E-state index contributed by atoms with van der Waals surface area (Å²) in [5, 5.41) is 19.2. The molecule has 10 nitrogen and oxygen atoms in total. The largest absolute Gasteiger partial charge is 0.377 e. The summed E-state index contributed by atoms with van der Waals surface area (Å²) >= 11 is 12.2. The van der Waals surface area contributed by atoms with Crippen LogP contribution in [0.5, 0.6) is 0 Å². The van der Waals surface area contributed by atoms with Crippen LogP contribution in [0.4, 0.5) is 5.69 Å². The second kappa shape index (κ2) is 23.0. The average Bonchev–Trinajstić information content (AvgIpc) is 3.34. The molecule has 0 spiro atoms. The summed E-state index contributed by atoms with van der Waals surface area (Å²) in [6.07, 6.45) is -0.134. The van der Waals surface area contributed by atoms with Crippen molar-refractivity contribution in [2.75, 3.05) is 92.7 Å². The molecule has 1 saturated heterocycles. The Labute approximate surface area is 404 Å². The number of thiol groups is 2. The molecule has 0 radical (unpaired) electrons. The van der Waals surface area contributed by atoms with Crippen molar-refractivity contribution in [3.8, 4) is 0 Å². The number of rotatable bonds is 12. The lowest BCUT2D eigenvalue weighted by Crippen LogP contribution is -2.48. The normalized spacial score (nSPS) is 21.8. The van der Waals surface area contributed by atoms with E-state index in [4.69, 9.17) is 28.4 Å². The molecule has 66 heavy (non-hydrogen) atoms. The smallest absolute Gasteiger partial charge is 0.256 e. The molecular weight excluding hydrogens is 909 g/mol. The molecule has 1 fully saturated rings. The zero-order valence-corrected chi connectivity index (χ0v) is 40.2. The fourth-order valence-electron chi connectivity index (χ4n) is 9.27. The minimum atomic E-state index is -0.941. The van der Waals surface area contributed by atoms with Gasteiger partial charge in [-0.05, 0) is 83.3 Å². The molecule has 9 rings (SSSR count). The summed E-state index contributed by atoms with van der Waals surface area (Å²) in [6, 6.07) is 33.5. The van der Waals surface area contributed by atoms with Gasteiger partial charge in [0.1, 0.15) is 12.2 Å². The number of hydrogen-bond acceptors (Lipinski definition) is 12. The van der Waals surface area contributed by atoms with Crippen LogP contribution in [0.1, 0.15) is 18.0 Å². The van der Waals surface area contributed by atoms with Gasteiger partial charge in [-0.3, -0.25) is 9.59 Å². The first-order valence-electron chi connectivity index (χ1n) is 22.7. The maximum atomic E-state index is 14.4. The van der Waals surface area contributed by atoms with Crippen molar-refractivity contribution in [1.29, 1.82) is 0 Å². The minimum Gasteiger partial charge on any atom is -0.377 e. The van der Waals surface area contributed by atoms with Crippen LogP contribution < -0.4 is 15.9 Å². The maximum absolute atomic E-state index is 14.4. The van der Waals surface area contributed by atoms with Crippen molar-refractivity contribution in [2.45, 2.75) is 36.9 Å². The first-order valence-corrected chi connectivity index (χ1v) is 26.3. The van der Waals surface area contributed by atoms with E-state index in [1.807, 2.05) is 6.07 Å². The van der Waals surface area contributed by atoms with E-state index < -0.39 is 24.4 Å². The number of anilines is 1. The van der Waals surface area contributed by atoms with Crippen molar-refractivity contribution in [1.82, 2.24) is 5.32 Å². The third kappa shape index (κ3) is 10.7. The summed E-state index contributed by atoms with van der Waals surface area (Å²) in [5.74, 6) is 3.45. The minimum absolute atomic E-state index is 0.144. The summed E-state index contributed by atoms with van der Waals surface area (Å²) in [7, 11) is 0. The lowest BCUT2D eigenvalue weighted by atomic mass is 9.87. The molecule has 7 aromatic rings. The van der Waals surface area contributed by atoms with E-state index in [1.165, 1.54) is 32.1 Å². The molecule has 4 unspecified atom stereocenters. The van der Waals surface area contributed by atoms with Gasteiger partial charge in [0.25, 0.3) is 11.8 Å². The van der Waals surface area contributed by atoms with Crippen LogP contribution in [0.25, 0.3) is 59.9 Å². The molecule has 2 amide bonds. The first-order chi connectivity index (χ1) is 32.5. The first kappa shape index (κ1) is 47.3. The van der Waals surface area contributed by atoms with Gasteiger partial charge in [-0.25, -0.2) is 0 Å². The Bertz CT molecular complexity index is 2780. The molecule has 7 aromatic carbocycles. The van der Waals surface area contributed by atoms with E-state index >= 15 is 0 Å². The van der Waals surface area contributed by atoms with Crippen molar-refractivity contribution in [3.05, 3.63) is 108 Å². The maximum Gasteiger partial charge on any atom is 0.256 e. The highest BCUT2D eigenvalue weighted by molar-refractivity contribution is 8.00. The molecule has 2 N–H and O–H groups in total. The van der Waals surface area contributed by atoms with Gasteiger partial charge in [-0.15, -0.1) is 0 Å². The molecule has 5 atom stereocenters. The van der Waals surface area contributed by atoms with Gasteiger partial charge < -0.3 is 39.1 Å². The Kier molecular flexibility index (Phi) is 16.5. The van der Waals surface area contributed by atoms with Crippen LogP contribution in [-0.2, 0) is 38.0 Å². The molecule has 346 valence electrons. The summed E-state index contributed by atoms with van der Waals surface area (Å²) in [5.41, 5.74) is 1.81. The van der Waals surface area contributed by atoms with Crippen molar-refractivity contribution in [2.24, 2.45) is 0 Å². The van der Waals surface area contributed by atoms with E-state index in [0.717, 1.165) is 44.0 Å². The van der Waals surface area contributed by atoms with Crippen molar-refractivity contribution >= 4 is 126 Å². The fraction of sp³-hybridized carbons (Fsp3) is 0.385. The Morgan fingerprint density at radius 3 is 1.65 bits per heavy atom. The highest BCUT2D eigenvalue weighted by Gasteiger charge is 2.34. The molecule has 1 aliphatic carbocycles. The Balaban J connectivity index is 0.891. The summed E-state index contributed by atoms with van der Waals surface area (Å²) in [6.45, 7) is 1.67. The fourth-order valence-corrected chi connectivity index (χ4v) is 11.6. The van der Waals surface area contributed by atoms with E-state index in [2.05, 4.69) is 133 Å². The number of carbonyl (C=O) groups excluding carboxylic acids is 2. The number of benzene rings is 7. The standard InChI is InChI=1S/C52H56N2O8S4/c55-51(53-41-17-13-37-9-7-33-3-1-5-35-11-15-39(41)47(37)45(33)35)49-43(31-65-29-27-63)59-23-19-58-22-26-62-50(44(32-66-30-28-64)60-24-20-57-21-25-61-49)52(56)54-42-18-14-38-10-8-34-4-2-6-36-12-16-40(42)48(38)46(34)36/h1-17,42-44,49-50,63-64H,18-32H2,(H,53,55)(H,54,56)/t42?,43?,44?,49?,50-/m1/s1. The van der Waals surface area contributed by atoms with Gasteiger partial charge >= 0.3 is 0 Å². The predicted molar refractivity (Wildman–Crippen MR) is 278 cm³/mol. The van der Waals surface area contributed by atoms with E-state index in [9.17, 15) is 9.59 Å². The van der Waals surface area contributed by atoms with Crippen LogP contribution in [0, 0.1) is 0 Å². The molecule has 0 bridgehead atoms. The van der Waals surface area contributed by atoms with E-state index in [1.54, 1.807) is 23.5 Å². The number of hydrogen-bond donors (Lipinski definition) is 4. The number of amides is 2. The van der Waals surface area contributed by atoms with Gasteiger partial charge in [0.05, 0.1) is 58.9 Å². The average molecular weight is 965 g/mol. The number of nitrogens with one attached hydrogen (secondary N) is 2. The summed E-state index contributed by atoms with van der Waals surface area (Å²) < 4.78 is 37.8. The van der Waals surface area contributed by atoms with Crippen LogP contribution >= 0.6 is 48.8 Å². The zero-order valence-electron chi connectivity index (χ0n) is 36.8. The van der Waals surface area contributed by atoms with Crippen LogP contribution in [0.15, 0.2) is 97.1 Å². The van der Waals surface area contributed by atoms with Crippen LogP contribution in [-0.4, -0.2) is 124 Å². The highest BCUT2D eigenvalue weighted by Crippen LogP contribution is 2.38. The molecule has 2 aliphatic rings. The van der Waals surface area contributed by atoms with E-state index in [-0.39, 0.29) is 70.7 Å². The zero-order chi connectivity index (χ0) is 45.2. The monoisotopic (exact) mass is 964 g/mol. The second-order valence-corrected chi connectivity index (χ2v) is 19.6. The Morgan fingerprint density at radius 2 is 1.05 bits per heavy atom. The number of thioether (sulfide) groups is 2. The second-order valence-electron chi connectivity index (χ2n) is 16.4. The molecule has 1 aliphatic heterocycles. The number of carbonyl (C=O) groups is 2. The lowest BCUT2D eigenvalue weighted by molar-refractivity contribution is -0.150. The molecule has 0 aromatic heterocycles. The van der Waals surface area contributed by atoms with Crippen molar-refractivity contribution in [3.63, 3.8) is 0 Å². The lowest BCUT2D eigenvalue weighted by Gasteiger charge is -2.30. The molecule has 14 heteroatoms. The van der Waals surface area contributed by atoms with Crippen molar-refractivity contribution < 1.29 is 38.0 Å². The van der Waals surface area contributed by atoms with Gasteiger partial charge in [0.15, 0.2) is 12.2 Å². The van der Waals surface area contributed by atoms with Crippen LogP contribution in [0.2, 0.25) is 0 Å². The highest BCUT2D eigenvalue weighted by atomic mass is 32.2. The number of ether oxygens (including phenoxy) is 6. The van der Waals surface area contributed by atoms with Gasteiger partial charge in [0, 0.05) is 34.1 Å². The SMILES string of the molecule is O=C(Nc1ccc2ccc3cccc4ccc1c2c34)C1OCCOCCOC(CSCCS)[C@H](C(=O)NC2CC=c3ccc4cccc5ccc2c3c54)OCCOCCOC1CSCCS. The third-order valence-electron chi connectivity index (χ3n) is 12.3.